The largest absolute Gasteiger partial charge is 0.494 e. The molecule has 1 aromatic carbocycles. The average Bonchev–Trinajstić information content (AvgIpc) is 2.99. The Morgan fingerprint density at radius 3 is 2.86 bits per heavy atom. The molecule has 5 nitrogen and oxygen atoms in total. The molecule has 3 atom stereocenters. The predicted molar refractivity (Wildman–Crippen MR) is 85.4 cm³/mol. The third-order valence-corrected chi connectivity index (χ3v) is 4.59. The molecule has 1 amide bonds. The van der Waals surface area contributed by atoms with Gasteiger partial charge in [0.2, 0.25) is 5.91 Å². The lowest BCUT2D eigenvalue weighted by Crippen LogP contribution is -2.46. The van der Waals surface area contributed by atoms with Crippen LogP contribution in [0, 0.1) is 5.92 Å². The maximum absolute atomic E-state index is 12.3. The van der Waals surface area contributed by atoms with Crippen molar-refractivity contribution in [2.45, 2.75) is 44.2 Å². The van der Waals surface area contributed by atoms with Crippen LogP contribution >= 0.6 is 0 Å². The van der Waals surface area contributed by atoms with Crippen LogP contribution in [0.15, 0.2) is 30.3 Å². The Balaban J connectivity index is 1.34. The molecule has 3 unspecified atom stereocenters. The molecule has 1 aliphatic heterocycles. The number of nitrogens with one attached hydrogen (secondary N) is 3. The zero-order chi connectivity index (χ0) is 15.2. The Bertz CT molecular complexity index is 480. The van der Waals surface area contributed by atoms with Gasteiger partial charge in [0.15, 0.2) is 0 Å². The average molecular weight is 303 g/mol. The Kier molecular flexibility index (Phi) is 5.29. The van der Waals surface area contributed by atoms with Gasteiger partial charge in [-0.05, 0) is 31.4 Å². The minimum absolute atomic E-state index is 0.0830. The van der Waals surface area contributed by atoms with Gasteiger partial charge in [0.05, 0.1) is 6.61 Å². The molecule has 2 aliphatic rings. The molecule has 0 aromatic heterocycles. The van der Waals surface area contributed by atoms with E-state index in [0.29, 0.717) is 25.1 Å². The summed E-state index contributed by atoms with van der Waals surface area (Å²) in [6.45, 7) is 1.27. The predicted octanol–water partition coefficient (Wildman–Crippen LogP) is 1.61. The van der Waals surface area contributed by atoms with Crippen molar-refractivity contribution in [2.24, 2.45) is 5.92 Å². The van der Waals surface area contributed by atoms with Crippen molar-refractivity contribution < 1.29 is 9.53 Å². The van der Waals surface area contributed by atoms with Crippen molar-refractivity contribution in [2.75, 3.05) is 13.2 Å². The van der Waals surface area contributed by atoms with Crippen molar-refractivity contribution in [1.29, 1.82) is 0 Å². The highest BCUT2D eigenvalue weighted by atomic mass is 16.5. The molecule has 3 rings (SSSR count). The van der Waals surface area contributed by atoms with E-state index in [1.807, 2.05) is 30.3 Å². The topological polar surface area (TPSA) is 62.4 Å². The lowest BCUT2D eigenvalue weighted by Gasteiger charge is -2.26. The van der Waals surface area contributed by atoms with Crippen LogP contribution in [0.3, 0.4) is 0 Å². The summed E-state index contributed by atoms with van der Waals surface area (Å²) in [6.07, 6.45) is 5.63. The highest BCUT2D eigenvalue weighted by Gasteiger charge is 2.40. The van der Waals surface area contributed by atoms with Crippen molar-refractivity contribution in [1.82, 2.24) is 16.2 Å². The highest BCUT2D eigenvalue weighted by Crippen LogP contribution is 2.30. The third kappa shape index (κ3) is 3.78. The molecular weight excluding hydrogens is 278 g/mol. The summed E-state index contributed by atoms with van der Waals surface area (Å²) in [5.41, 5.74) is 6.45. The fourth-order valence-electron chi connectivity index (χ4n) is 3.40. The molecule has 3 N–H and O–H groups in total. The number of hydrazine groups is 1. The van der Waals surface area contributed by atoms with Gasteiger partial charge < -0.3 is 10.1 Å². The van der Waals surface area contributed by atoms with E-state index in [1.54, 1.807) is 0 Å². The highest BCUT2D eigenvalue weighted by molar-refractivity contribution is 5.82. The summed E-state index contributed by atoms with van der Waals surface area (Å²) in [5.74, 6) is 1.43. The van der Waals surface area contributed by atoms with Crippen LogP contribution < -0.4 is 20.9 Å². The summed E-state index contributed by atoms with van der Waals surface area (Å²) in [7, 11) is 0. The van der Waals surface area contributed by atoms with Crippen molar-refractivity contribution in [3.05, 3.63) is 30.3 Å². The second-order valence-corrected chi connectivity index (χ2v) is 6.13. The number of fused-ring (bicyclic) bond motifs is 1. The molecule has 1 aliphatic carbocycles. The normalized spacial score (nSPS) is 27.2. The molecule has 5 heteroatoms. The lowest BCUT2D eigenvalue weighted by atomic mass is 9.81. The molecule has 0 radical (unpaired) electrons. The number of para-hydroxylation sites is 1. The Morgan fingerprint density at radius 1 is 1.18 bits per heavy atom. The van der Waals surface area contributed by atoms with Gasteiger partial charge in [-0.1, -0.05) is 31.0 Å². The van der Waals surface area contributed by atoms with Crippen LogP contribution in [-0.4, -0.2) is 31.1 Å². The molecule has 2 fully saturated rings. The molecule has 1 saturated carbocycles. The first kappa shape index (κ1) is 15.3. The van der Waals surface area contributed by atoms with Gasteiger partial charge in [-0.2, -0.15) is 0 Å². The van der Waals surface area contributed by atoms with Gasteiger partial charge in [-0.3, -0.25) is 10.2 Å². The Hall–Kier alpha value is -1.59. The van der Waals surface area contributed by atoms with E-state index in [2.05, 4.69) is 16.2 Å². The molecule has 1 aromatic rings. The minimum Gasteiger partial charge on any atom is -0.494 e. The first-order valence-corrected chi connectivity index (χ1v) is 8.31. The number of rotatable bonds is 6. The van der Waals surface area contributed by atoms with Crippen molar-refractivity contribution in [3.63, 3.8) is 0 Å². The summed E-state index contributed by atoms with van der Waals surface area (Å²) in [4.78, 5) is 12.3. The van der Waals surface area contributed by atoms with Crippen LogP contribution in [0.1, 0.15) is 32.1 Å². The summed E-state index contributed by atoms with van der Waals surface area (Å²) in [5, 5.41) is 3.02. The molecule has 120 valence electrons. The number of hydrogen-bond acceptors (Lipinski definition) is 4. The zero-order valence-corrected chi connectivity index (χ0v) is 12.9. The fraction of sp³-hybridized carbons (Fsp3) is 0.588. The van der Waals surface area contributed by atoms with Crippen LogP contribution in [0.2, 0.25) is 0 Å². The van der Waals surface area contributed by atoms with Crippen LogP contribution in [0.5, 0.6) is 5.75 Å². The van der Waals surface area contributed by atoms with Crippen LogP contribution in [-0.2, 0) is 4.79 Å². The molecule has 0 spiro atoms. The summed E-state index contributed by atoms with van der Waals surface area (Å²) in [6, 6.07) is 10.1. The van der Waals surface area contributed by atoms with E-state index < -0.39 is 0 Å². The summed E-state index contributed by atoms with van der Waals surface area (Å²) >= 11 is 0. The molecule has 1 heterocycles. The monoisotopic (exact) mass is 303 g/mol. The van der Waals surface area contributed by atoms with Crippen LogP contribution in [0.25, 0.3) is 0 Å². The van der Waals surface area contributed by atoms with Gasteiger partial charge >= 0.3 is 0 Å². The number of benzene rings is 1. The SMILES string of the molecule is O=C(NCCCOc1ccccc1)C1NNC2CCCCC21. The van der Waals surface area contributed by atoms with E-state index in [1.165, 1.54) is 19.3 Å². The van der Waals surface area contributed by atoms with Gasteiger partial charge in [-0.25, -0.2) is 5.43 Å². The van der Waals surface area contributed by atoms with Gasteiger partial charge in [0, 0.05) is 18.5 Å². The second kappa shape index (κ2) is 7.61. The van der Waals surface area contributed by atoms with E-state index >= 15 is 0 Å². The van der Waals surface area contributed by atoms with Gasteiger partial charge in [0.25, 0.3) is 0 Å². The molecule has 1 saturated heterocycles. The lowest BCUT2D eigenvalue weighted by molar-refractivity contribution is -0.124. The van der Waals surface area contributed by atoms with E-state index in [-0.39, 0.29) is 11.9 Å². The van der Waals surface area contributed by atoms with Crippen molar-refractivity contribution >= 4 is 5.91 Å². The first-order chi connectivity index (χ1) is 10.8. The van der Waals surface area contributed by atoms with Crippen molar-refractivity contribution in [3.8, 4) is 5.75 Å². The minimum atomic E-state index is -0.0830. The fourth-order valence-corrected chi connectivity index (χ4v) is 3.40. The Morgan fingerprint density at radius 2 is 2.00 bits per heavy atom. The number of ether oxygens (including phenoxy) is 1. The first-order valence-electron chi connectivity index (χ1n) is 8.31. The summed E-state index contributed by atoms with van der Waals surface area (Å²) < 4.78 is 5.62. The zero-order valence-electron chi connectivity index (χ0n) is 12.9. The maximum Gasteiger partial charge on any atom is 0.238 e. The number of carbonyl (C=O) groups is 1. The second-order valence-electron chi connectivity index (χ2n) is 6.13. The third-order valence-electron chi connectivity index (χ3n) is 4.59. The number of amides is 1. The van der Waals surface area contributed by atoms with E-state index in [0.717, 1.165) is 18.6 Å². The quantitative estimate of drug-likeness (QED) is 0.699. The number of carbonyl (C=O) groups excluding carboxylic acids is 1. The van der Waals surface area contributed by atoms with Gasteiger partial charge in [-0.15, -0.1) is 0 Å². The standard InChI is InChI=1S/C17H25N3O2/c21-17(16-14-9-4-5-10-15(14)19-20-16)18-11-6-12-22-13-7-2-1-3-8-13/h1-3,7-8,14-16,19-20H,4-6,9-12H2,(H,18,21). The Labute approximate surface area is 131 Å². The number of hydrogen-bond donors (Lipinski definition) is 3. The van der Waals surface area contributed by atoms with E-state index in [4.69, 9.17) is 4.74 Å². The van der Waals surface area contributed by atoms with E-state index in [9.17, 15) is 4.79 Å². The maximum atomic E-state index is 12.3. The molecular formula is C17H25N3O2. The molecule has 22 heavy (non-hydrogen) atoms. The smallest absolute Gasteiger partial charge is 0.238 e. The van der Waals surface area contributed by atoms with Crippen LogP contribution in [0.4, 0.5) is 0 Å². The molecule has 0 bridgehead atoms. The van der Waals surface area contributed by atoms with Gasteiger partial charge in [0.1, 0.15) is 11.8 Å².